The third-order valence-electron chi connectivity index (χ3n) is 4.04. The molecule has 0 saturated heterocycles. The van der Waals surface area contributed by atoms with Gasteiger partial charge in [0.2, 0.25) is 5.91 Å². The van der Waals surface area contributed by atoms with Crippen molar-refractivity contribution in [1.82, 2.24) is 35.2 Å². The summed E-state index contributed by atoms with van der Waals surface area (Å²) in [7, 11) is 1.58. The predicted octanol–water partition coefficient (Wildman–Crippen LogP) is 1.04. The minimum Gasteiger partial charge on any atom is -0.345 e. The highest BCUT2D eigenvalue weighted by molar-refractivity contribution is 5.82. The number of fused-ring (bicyclic) bond motifs is 1. The molecule has 3 heterocycles. The van der Waals surface area contributed by atoms with E-state index in [9.17, 15) is 18.0 Å². The smallest absolute Gasteiger partial charge is 0.345 e. The lowest BCUT2D eigenvalue weighted by atomic mass is 10.0. The summed E-state index contributed by atoms with van der Waals surface area (Å²) in [5.41, 5.74) is 0. The summed E-state index contributed by atoms with van der Waals surface area (Å²) in [6.45, 7) is 0.826. The van der Waals surface area contributed by atoms with Gasteiger partial charge in [-0.3, -0.25) is 4.79 Å². The van der Waals surface area contributed by atoms with E-state index < -0.39 is 18.0 Å². The number of halogens is 3. The fraction of sp³-hybridized carbons (Fsp3) is 0.692. The van der Waals surface area contributed by atoms with Crippen LogP contribution in [0.1, 0.15) is 42.7 Å². The Labute approximate surface area is 140 Å². The zero-order chi connectivity index (χ0) is 18.0. The fourth-order valence-corrected chi connectivity index (χ4v) is 2.71. The number of alkyl halides is 3. The Balaban J connectivity index is 1.63. The molecule has 1 atom stereocenters. The van der Waals surface area contributed by atoms with Crippen LogP contribution in [-0.4, -0.2) is 54.7 Å². The number of amides is 1. The van der Waals surface area contributed by atoms with E-state index in [4.69, 9.17) is 0 Å². The number of carbonyl (C=O) groups is 1. The first kappa shape index (κ1) is 17.3. The highest BCUT2D eigenvalue weighted by Crippen LogP contribution is 2.28. The first-order valence-corrected chi connectivity index (χ1v) is 7.77. The minimum absolute atomic E-state index is 0.0550. The Kier molecular flexibility index (Phi) is 4.68. The van der Waals surface area contributed by atoms with Gasteiger partial charge in [-0.15, -0.1) is 5.10 Å². The van der Waals surface area contributed by atoms with Crippen molar-refractivity contribution in [1.29, 1.82) is 0 Å². The Morgan fingerprint density at radius 1 is 1.40 bits per heavy atom. The number of hydrogen-bond acceptors (Lipinski definition) is 7. The Morgan fingerprint density at radius 2 is 2.20 bits per heavy atom. The molecule has 2 aromatic rings. The molecular weight excluding hydrogens is 343 g/mol. The van der Waals surface area contributed by atoms with E-state index in [0.29, 0.717) is 18.8 Å². The van der Waals surface area contributed by atoms with E-state index in [1.54, 1.807) is 11.7 Å². The number of carbonyl (C=O) groups excluding carboxylic acids is 1. The molecule has 0 N–H and O–H groups in total. The molecule has 0 spiro atoms. The summed E-state index contributed by atoms with van der Waals surface area (Å²) in [6.07, 6.45) is -2.25. The molecule has 0 bridgehead atoms. The van der Waals surface area contributed by atoms with Gasteiger partial charge in [-0.05, 0) is 23.3 Å². The van der Waals surface area contributed by atoms with Gasteiger partial charge in [0.05, 0.1) is 5.92 Å². The van der Waals surface area contributed by atoms with Crippen LogP contribution in [0.25, 0.3) is 0 Å². The van der Waals surface area contributed by atoms with Crippen LogP contribution in [0.15, 0.2) is 4.52 Å². The molecule has 3 rings (SSSR count). The van der Waals surface area contributed by atoms with Gasteiger partial charge in [0.15, 0.2) is 11.6 Å². The zero-order valence-electron chi connectivity index (χ0n) is 13.4. The lowest BCUT2D eigenvalue weighted by Crippen LogP contribution is -2.34. The summed E-state index contributed by atoms with van der Waals surface area (Å²) in [5, 5.41) is 14.7. The summed E-state index contributed by atoms with van der Waals surface area (Å²) >= 11 is 0. The molecule has 12 heteroatoms. The van der Waals surface area contributed by atoms with Crippen molar-refractivity contribution in [3.63, 3.8) is 0 Å². The summed E-state index contributed by atoms with van der Waals surface area (Å²) < 4.78 is 43.1. The van der Waals surface area contributed by atoms with Crippen LogP contribution in [0.4, 0.5) is 13.2 Å². The van der Waals surface area contributed by atoms with Gasteiger partial charge < -0.3 is 9.42 Å². The van der Waals surface area contributed by atoms with Crippen LogP contribution >= 0.6 is 0 Å². The van der Waals surface area contributed by atoms with Crippen molar-refractivity contribution in [2.24, 2.45) is 0 Å². The van der Waals surface area contributed by atoms with Gasteiger partial charge in [0.1, 0.15) is 0 Å². The molecule has 0 aliphatic carbocycles. The van der Waals surface area contributed by atoms with Crippen LogP contribution in [0.5, 0.6) is 0 Å². The van der Waals surface area contributed by atoms with Crippen LogP contribution in [0.3, 0.4) is 0 Å². The molecule has 0 aromatic carbocycles. The average molecular weight is 359 g/mol. The number of hydrogen-bond donors (Lipinski definition) is 0. The highest BCUT2D eigenvalue weighted by atomic mass is 19.4. The van der Waals surface area contributed by atoms with Crippen LogP contribution in [0, 0.1) is 0 Å². The number of aryl methyl sites for hydroxylation is 1. The maximum atomic E-state index is 12.7. The first-order valence-electron chi connectivity index (χ1n) is 7.77. The number of nitrogens with zero attached hydrogens (tertiary/aromatic N) is 7. The molecule has 25 heavy (non-hydrogen) atoms. The van der Waals surface area contributed by atoms with Gasteiger partial charge in [-0.1, -0.05) is 11.6 Å². The molecule has 1 aliphatic rings. The molecular formula is C13H16F3N7O2. The van der Waals surface area contributed by atoms with Gasteiger partial charge >= 0.3 is 12.1 Å². The van der Waals surface area contributed by atoms with E-state index in [-0.39, 0.29) is 24.7 Å². The van der Waals surface area contributed by atoms with Gasteiger partial charge in [0.25, 0.3) is 0 Å². The second-order valence-corrected chi connectivity index (χ2v) is 5.83. The van der Waals surface area contributed by atoms with Crippen molar-refractivity contribution in [2.75, 3.05) is 13.6 Å². The molecule has 1 aliphatic heterocycles. The van der Waals surface area contributed by atoms with Crippen molar-refractivity contribution in [2.45, 2.75) is 44.3 Å². The van der Waals surface area contributed by atoms with E-state index in [2.05, 4.69) is 30.2 Å². The number of aromatic nitrogens is 6. The van der Waals surface area contributed by atoms with Crippen molar-refractivity contribution < 1.29 is 22.5 Å². The molecule has 0 unspecified atom stereocenters. The SMILES string of the molecule is CN(CCc1noc(C(F)(F)F)n1)C(=O)[C@H]1CCCCn2nnnc21. The van der Waals surface area contributed by atoms with Crippen LogP contribution in [0.2, 0.25) is 0 Å². The first-order chi connectivity index (χ1) is 11.9. The van der Waals surface area contributed by atoms with Gasteiger partial charge in [0, 0.05) is 26.6 Å². The van der Waals surface area contributed by atoms with Crippen molar-refractivity contribution in [3.05, 3.63) is 17.5 Å². The van der Waals surface area contributed by atoms with Crippen molar-refractivity contribution in [3.8, 4) is 0 Å². The zero-order valence-corrected chi connectivity index (χ0v) is 13.4. The van der Waals surface area contributed by atoms with E-state index in [1.807, 2.05) is 0 Å². The normalized spacial score (nSPS) is 17.8. The molecule has 9 nitrogen and oxygen atoms in total. The third kappa shape index (κ3) is 3.77. The standard InChI is InChI=1S/C13H16F3N7O2/c1-22(7-5-9-17-12(25-19-9)13(14,15)16)11(24)8-4-2-3-6-23-10(8)18-20-21-23/h8H,2-7H2,1H3/t8-/m0/s1. The maximum absolute atomic E-state index is 12.7. The molecule has 0 radical (unpaired) electrons. The van der Waals surface area contributed by atoms with Crippen molar-refractivity contribution >= 4 is 5.91 Å². The number of rotatable bonds is 4. The molecule has 0 saturated carbocycles. The molecule has 1 amide bonds. The van der Waals surface area contributed by atoms with E-state index in [0.717, 1.165) is 12.8 Å². The average Bonchev–Trinajstić information content (AvgIpc) is 3.18. The second kappa shape index (κ2) is 6.76. The lowest BCUT2D eigenvalue weighted by Gasteiger charge is -2.21. The Bertz CT molecular complexity index is 742. The fourth-order valence-electron chi connectivity index (χ4n) is 2.71. The Morgan fingerprint density at radius 3 is 2.92 bits per heavy atom. The highest BCUT2D eigenvalue weighted by Gasteiger charge is 2.38. The monoisotopic (exact) mass is 359 g/mol. The minimum atomic E-state index is -4.68. The van der Waals surface area contributed by atoms with Crippen LogP contribution < -0.4 is 0 Å². The molecule has 0 fully saturated rings. The maximum Gasteiger partial charge on any atom is 0.471 e. The quantitative estimate of drug-likeness (QED) is 0.803. The topological polar surface area (TPSA) is 103 Å². The predicted molar refractivity (Wildman–Crippen MR) is 75.1 cm³/mol. The Hall–Kier alpha value is -2.53. The van der Waals surface area contributed by atoms with E-state index in [1.165, 1.54) is 4.90 Å². The lowest BCUT2D eigenvalue weighted by molar-refractivity contribution is -0.159. The summed E-state index contributed by atoms with van der Waals surface area (Å²) in [6, 6.07) is 0. The van der Waals surface area contributed by atoms with Gasteiger partial charge in [-0.2, -0.15) is 18.2 Å². The molecule has 2 aromatic heterocycles. The number of tetrazole rings is 1. The molecule has 136 valence electrons. The van der Waals surface area contributed by atoms with E-state index >= 15 is 0 Å². The largest absolute Gasteiger partial charge is 0.471 e. The van der Waals surface area contributed by atoms with Crippen LogP contribution in [-0.2, 0) is 23.9 Å². The summed E-state index contributed by atoms with van der Waals surface area (Å²) in [5.74, 6) is -1.61. The summed E-state index contributed by atoms with van der Waals surface area (Å²) in [4.78, 5) is 17.4. The third-order valence-corrected chi connectivity index (χ3v) is 4.04. The number of likely N-dealkylation sites (N-methyl/N-ethyl adjacent to an activating group) is 1. The second-order valence-electron chi connectivity index (χ2n) is 5.83. The van der Waals surface area contributed by atoms with Gasteiger partial charge in [-0.25, -0.2) is 4.68 Å².